The van der Waals surface area contributed by atoms with Gasteiger partial charge in [-0.2, -0.15) is 5.26 Å². The number of rotatable bonds is 5. The molecule has 106 valence electrons. The van der Waals surface area contributed by atoms with Gasteiger partial charge >= 0.3 is 5.97 Å². The van der Waals surface area contributed by atoms with Crippen LogP contribution in [-0.4, -0.2) is 25.0 Å². The van der Waals surface area contributed by atoms with Crippen LogP contribution in [0.1, 0.15) is 23.7 Å². The summed E-state index contributed by atoms with van der Waals surface area (Å²) in [5, 5.41) is 11.9. The average molecular weight is 295 g/mol. The second-order valence-electron chi connectivity index (χ2n) is 4.32. The minimum absolute atomic E-state index is 0.197. The predicted molar refractivity (Wildman–Crippen MR) is 74.1 cm³/mol. The molecule has 1 N–H and O–H groups in total. The first-order valence-electron chi connectivity index (χ1n) is 6.01. The third-order valence-corrected chi connectivity index (χ3v) is 2.96. The fourth-order valence-corrected chi connectivity index (χ4v) is 1.73. The molecule has 1 rings (SSSR count). The van der Waals surface area contributed by atoms with Gasteiger partial charge in [-0.25, -0.2) is 4.79 Å². The van der Waals surface area contributed by atoms with E-state index in [-0.39, 0.29) is 12.3 Å². The maximum atomic E-state index is 12.0. The first-order chi connectivity index (χ1) is 9.47. The Morgan fingerprint density at radius 2 is 2.00 bits per heavy atom. The van der Waals surface area contributed by atoms with Crippen molar-refractivity contribution < 1.29 is 14.3 Å². The molecule has 0 aliphatic rings. The molecule has 0 aliphatic heterocycles. The van der Waals surface area contributed by atoms with E-state index in [1.165, 1.54) is 7.11 Å². The standard InChI is InChI=1S/C14H15ClN2O3/c1-9(8-16)7-12(14(19)20-2)17-13(18)10-3-5-11(15)6-4-10/h3-6,9,12H,7H2,1-2H3,(H,17,18)/t9-,12+/m1/s1. The minimum atomic E-state index is -0.849. The van der Waals surface area contributed by atoms with Crippen LogP contribution in [0.3, 0.4) is 0 Å². The van der Waals surface area contributed by atoms with Gasteiger partial charge in [-0.05, 0) is 37.6 Å². The van der Waals surface area contributed by atoms with Gasteiger partial charge in [0.05, 0.1) is 13.2 Å². The number of benzene rings is 1. The van der Waals surface area contributed by atoms with Crippen LogP contribution in [0.2, 0.25) is 5.02 Å². The smallest absolute Gasteiger partial charge is 0.328 e. The highest BCUT2D eigenvalue weighted by Crippen LogP contribution is 2.11. The van der Waals surface area contributed by atoms with Gasteiger partial charge in [-0.3, -0.25) is 4.79 Å². The zero-order valence-corrected chi connectivity index (χ0v) is 12.0. The lowest BCUT2D eigenvalue weighted by Gasteiger charge is -2.17. The van der Waals surface area contributed by atoms with Gasteiger partial charge < -0.3 is 10.1 Å². The Bertz CT molecular complexity index is 522. The van der Waals surface area contributed by atoms with Crippen LogP contribution in [0.4, 0.5) is 0 Å². The molecule has 0 radical (unpaired) electrons. The van der Waals surface area contributed by atoms with E-state index in [1.54, 1.807) is 31.2 Å². The predicted octanol–water partition coefficient (Wildman–Crippen LogP) is 2.16. The van der Waals surface area contributed by atoms with E-state index in [4.69, 9.17) is 16.9 Å². The molecule has 0 aromatic heterocycles. The number of halogens is 1. The molecule has 6 heteroatoms. The van der Waals surface area contributed by atoms with Crippen LogP contribution in [0.5, 0.6) is 0 Å². The first-order valence-corrected chi connectivity index (χ1v) is 6.39. The number of carbonyl (C=O) groups excluding carboxylic acids is 2. The molecule has 0 unspecified atom stereocenters. The number of hydrogen-bond acceptors (Lipinski definition) is 4. The molecule has 0 saturated carbocycles. The quantitative estimate of drug-likeness (QED) is 0.844. The number of nitrogens with one attached hydrogen (secondary N) is 1. The number of nitrogens with zero attached hydrogens (tertiary/aromatic N) is 1. The highest BCUT2D eigenvalue weighted by molar-refractivity contribution is 6.30. The van der Waals surface area contributed by atoms with Crippen molar-refractivity contribution in [3.8, 4) is 6.07 Å². The monoisotopic (exact) mass is 294 g/mol. The highest BCUT2D eigenvalue weighted by atomic mass is 35.5. The summed E-state index contributed by atoms with van der Waals surface area (Å²) in [6, 6.07) is 7.45. The van der Waals surface area contributed by atoms with Crippen molar-refractivity contribution in [1.82, 2.24) is 5.32 Å². The summed E-state index contributed by atoms with van der Waals surface area (Å²) < 4.78 is 4.63. The van der Waals surface area contributed by atoms with E-state index >= 15 is 0 Å². The van der Waals surface area contributed by atoms with Gasteiger partial charge in [0.1, 0.15) is 6.04 Å². The summed E-state index contributed by atoms with van der Waals surface area (Å²) >= 11 is 5.74. The number of carbonyl (C=O) groups is 2. The highest BCUT2D eigenvalue weighted by Gasteiger charge is 2.24. The number of amides is 1. The van der Waals surface area contributed by atoms with E-state index in [2.05, 4.69) is 10.1 Å². The molecule has 0 saturated heterocycles. The van der Waals surface area contributed by atoms with E-state index in [1.807, 2.05) is 6.07 Å². The maximum absolute atomic E-state index is 12.0. The lowest BCUT2D eigenvalue weighted by molar-refractivity contribution is -0.143. The van der Waals surface area contributed by atoms with Gasteiger partial charge in [0.15, 0.2) is 0 Å². The molecule has 5 nitrogen and oxygen atoms in total. The largest absolute Gasteiger partial charge is 0.467 e. The van der Waals surface area contributed by atoms with Crippen molar-refractivity contribution in [2.75, 3.05) is 7.11 Å². The zero-order chi connectivity index (χ0) is 15.1. The van der Waals surface area contributed by atoms with E-state index < -0.39 is 17.9 Å². The van der Waals surface area contributed by atoms with Crippen LogP contribution < -0.4 is 5.32 Å². The van der Waals surface area contributed by atoms with Crippen molar-refractivity contribution in [2.24, 2.45) is 5.92 Å². The fraction of sp³-hybridized carbons (Fsp3) is 0.357. The van der Waals surface area contributed by atoms with Crippen LogP contribution in [0.15, 0.2) is 24.3 Å². The van der Waals surface area contributed by atoms with Gasteiger partial charge in [0, 0.05) is 16.5 Å². The molecular weight excluding hydrogens is 280 g/mol. The molecule has 0 aliphatic carbocycles. The van der Waals surface area contributed by atoms with Crippen LogP contribution in [-0.2, 0) is 9.53 Å². The van der Waals surface area contributed by atoms with Crippen LogP contribution in [0.25, 0.3) is 0 Å². The van der Waals surface area contributed by atoms with E-state index in [0.29, 0.717) is 10.6 Å². The maximum Gasteiger partial charge on any atom is 0.328 e. The summed E-state index contributed by atoms with van der Waals surface area (Å²) in [6.45, 7) is 1.67. The SMILES string of the molecule is COC(=O)[C@H](C[C@@H](C)C#N)NC(=O)c1ccc(Cl)cc1. The third-order valence-electron chi connectivity index (χ3n) is 2.71. The average Bonchev–Trinajstić information content (AvgIpc) is 2.46. The molecule has 1 amide bonds. The Morgan fingerprint density at radius 3 is 2.50 bits per heavy atom. The van der Waals surface area contributed by atoms with Crippen molar-refractivity contribution >= 4 is 23.5 Å². The number of esters is 1. The second-order valence-corrected chi connectivity index (χ2v) is 4.76. The van der Waals surface area contributed by atoms with Crippen molar-refractivity contribution in [3.05, 3.63) is 34.9 Å². The van der Waals surface area contributed by atoms with E-state index in [9.17, 15) is 9.59 Å². The van der Waals surface area contributed by atoms with Crippen molar-refractivity contribution in [1.29, 1.82) is 5.26 Å². The number of methoxy groups -OCH3 is 1. The van der Waals surface area contributed by atoms with Gasteiger partial charge in [-0.15, -0.1) is 0 Å². The summed E-state index contributed by atoms with van der Waals surface area (Å²) in [5.74, 6) is -1.36. The normalized spacial score (nSPS) is 12.9. The fourth-order valence-electron chi connectivity index (χ4n) is 1.61. The molecule has 0 heterocycles. The summed E-state index contributed by atoms with van der Waals surface area (Å²) in [7, 11) is 1.24. The molecule has 0 bridgehead atoms. The number of nitriles is 1. The molecule has 1 aromatic carbocycles. The molecule has 1 aromatic rings. The second kappa shape index (κ2) is 7.51. The summed E-state index contributed by atoms with van der Waals surface area (Å²) in [4.78, 5) is 23.6. The van der Waals surface area contributed by atoms with Gasteiger partial charge in [0.2, 0.25) is 0 Å². The topological polar surface area (TPSA) is 79.2 Å². The third kappa shape index (κ3) is 4.56. The van der Waals surface area contributed by atoms with Gasteiger partial charge in [-0.1, -0.05) is 11.6 Å². The number of hydrogen-bond donors (Lipinski definition) is 1. The lowest BCUT2D eigenvalue weighted by Crippen LogP contribution is -2.42. The van der Waals surface area contributed by atoms with Crippen molar-refractivity contribution in [3.63, 3.8) is 0 Å². The van der Waals surface area contributed by atoms with Crippen LogP contribution in [0, 0.1) is 17.2 Å². The Labute approximate surface area is 122 Å². The van der Waals surface area contributed by atoms with E-state index in [0.717, 1.165) is 0 Å². The van der Waals surface area contributed by atoms with Crippen molar-refractivity contribution in [2.45, 2.75) is 19.4 Å². The lowest BCUT2D eigenvalue weighted by atomic mass is 10.0. The molecule has 20 heavy (non-hydrogen) atoms. The minimum Gasteiger partial charge on any atom is -0.467 e. The van der Waals surface area contributed by atoms with Gasteiger partial charge in [0.25, 0.3) is 5.91 Å². The Balaban J connectivity index is 2.78. The van der Waals surface area contributed by atoms with Crippen LogP contribution >= 0.6 is 11.6 Å². The molecule has 0 spiro atoms. The molecular formula is C14H15ClN2O3. The Kier molecular flexibility index (Phi) is 6.01. The Morgan fingerprint density at radius 1 is 1.40 bits per heavy atom. The summed E-state index contributed by atoms with van der Waals surface area (Å²) in [5.41, 5.74) is 0.382. The molecule has 2 atom stereocenters. The number of ether oxygens (including phenoxy) is 1. The summed E-state index contributed by atoms with van der Waals surface area (Å²) in [6.07, 6.45) is 0.197. The molecule has 0 fully saturated rings. The Hall–Kier alpha value is -2.06. The first kappa shape index (κ1) is 16.0. The zero-order valence-electron chi connectivity index (χ0n) is 11.2.